The van der Waals surface area contributed by atoms with Gasteiger partial charge in [-0.1, -0.05) is 6.92 Å². The van der Waals surface area contributed by atoms with Crippen molar-refractivity contribution < 1.29 is 13.2 Å². The highest BCUT2D eigenvalue weighted by molar-refractivity contribution is 7.89. The SMILES string of the molecule is CCCS(=O)(=O)N1CCN(C(=O)CN2CCNCC2)CC1. The molecule has 8 heteroatoms. The average Bonchev–Trinajstić information content (AvgIpc) is 2.48. The Morgan fingerprint density at radius 2 is 1.67 bits per heavy atom. The Morgan fingerprint density at radius 3 is 2.24 bits per heavy atom. The van der Waals surface area contributed by atoms with Crippen LogP contribution in [0.2, 0.25) is 0 Å². The first kappa shape index (κ1) is 16.7. The van der Waals surface area contributed by atoms with Crippen LogP contribution in [0.3, 0.4) is 0 Å². The fraction of sp³-hybridized carbons (Fsp3) is 0.923. The van der Waals surface area contributed by atoms with Gasteiger partial charge in [0.2, 0.25) is 15.9 Å². The van der Waals surface area contributed by atoms with E-state index in [1.54, 1.807) is 4.90 Å². The van der Waals surface area contributed by atoms with Crippen LogP contribution in [0.15, 0.2) is 0 Å². The number of hydrogen-bond acceptors (Lipinski definition) is 5. The Morgan fingerprint density at radius 1 is 1.05 bits per heavy atom. The first-order valence-corrected chi connectivity index (χ1v) is 9.32. The van der Waals surface area contributed by atoms with Gasteiger partial charge < -0.3 is 10.2 Å². The summed E-state index contributed by atoms with van der Waals surface area (Å²) in [6.07, 6.45) is 0.629. The van der Waals surface area contributed by atoms with Crippen LogP contribution in [-0.4, -0.2) is 93.1 Å². The van der Waals surface area contributed by atoms with Gasteiger partial charge in [0.15, 0.2) is 0 Å². The second-order valence-electron chi connectivity index (χ2n) is 5.62. The Labute approximate surface area is 127 Å². The number of nitrogens with zero attached hydrogens (tertiary/aromatic N) is 3. The van der Waals surface area contributed by atoms with Crippen molar-refractivity contribution in [1.82, 2.24) is 19.4 Å². The van der Waals surface area contributed by atoms with Crippen LogP contribution in [-0.2, 0) is 14.8 Å². The molecule has 0 aliphatic carbocycles. The van der Waals surface area contributed by atoms with Crippen molar-refractivity contribution in [3.8, 4) is 0 Å². The van der Waals surface area contributed by atoms with E-state index in [9.17, 15) is 13.2 Å². The number of carbonyl (C=O) groups is 1. The zero-order valence-corrected chi connectivity index (χ0v) is 13.6. The molecule has 1 amide bonds. The minimum Gasteiger partial charge on any atom is -0.339 e. The van der Waals surface area contributed by atoms with Crippen molar-refractivity contribution in [2.24, 2.45) is 0 Å². The van der Waals surface area contributed by atoms with Crippen LogP contribution in [0.1, 0.15) is 13.3 Å². The van der Waals surface area contributed by atoms with Crippen molar-refractivity contribution in [2.75, 3.05) is 64.7 Å². The maximum absolute atomic E-state index is 12.2. The Kier molecular flexibility index (Phi) is 5.98. The van der Waals surface area contributed by atoms with Crippen LogP contribution in [0.5, 0.6) is 0 Å². The fourth-order valence-corrected chi connectivity index (χ4v) is 4.26. The van der Waals surface area contributed by atoms with Gasteiger partial charge in [0.05, 0.1) is 12.3 Å². The number of carbonyl (C=O) groups excluding carboxylic acids is 1. The molecule has 2 heterocycles. The normalized spacial score (nSPS) is 22.4. The molecule has 0 aromatic rings. The Hall–Kier alpha value is -0.700. The third-order valence-corrected chi connectivity index (χ3v) is 6.09. The van der Waals surface area contributed by atoms with Crippen LogP contribution in [0, 0.1) is 0 Å². The average molecular weight is 318 g/mol. The van der Waals surface area contributed by atoms with Gasteiger partial charge in [-0.15, -0.1) is 0 Å². The zero-order valence-electron chi connectivity index (χ0n) is 12.8. The topological polar surface area (TPSA) is 73.0 Å². The molecule has 2 saturated heterocycles. The number of hydrogen-bond donors (Lipinski definition) is 1. The first-order chi connectivity index (χ1) is 10.0. The van der Waals surface area contributed by atoms with Gasteiger partial charge >= 0.3 is 0 Å². The molecule has 21 heavy (non-hydrogen) atoms. The third-order valence-electron chi connectivity index (χ3n) is 4.02. The van der Waals surface area contributed by atoms with Crippen molar-refractivity contribution in [3.63, 3.8) is 0 Å². The lowest BCUT2D eigenvalue weighted by molar-refractivity contribution is -0.133. The molecule has 0 aromatic heterocycles. The number of amides is 1. The third kappa shape index (κ3) is 4.64. The molecule has 0 spiro atoms. The number of piperazine rings is 2. The number of nitrogens with one attached hydrogen (secondary N) is 1. The Balaban J connectivity index is 1.79. The molecule has 0 atom stereocenters. The summed E-state index contributed by atoms with van der Waals surface area (Å²) in [6, 6.07) is 0. The monoisotopic (exact) mass is 318 g/mol. The molecule has 0 aromatic carbocycles. The number of rotatable bonds is 5. The van der Waals surface area contributed by atoms with Gasteiger partial charge in [0.1, 0.15) is 0 Å². The van der Waals surface area contributed by atoms with Gasteiger partial charge in [-0.2, -0.15) is 4.31 Å². The van der Waals surface area contributed by atoms with E-state index in [-0.39, 0.29) is 11.7 Å². The molecule has 0 radical (unpaired) electrons. The lowest BCUT2D eigenvalue weighted by atomic mass is 10.3. The Bertz CT molecular complexity index is 440. The summed E-state index contributed by atoms with van der Waals surface area (Å²) in [5.41, 5.74) is 0. The van der Waals surface area contributed by atoms with Crippen LogP contribution >= 0.6 is 0 Å². The second kappa shape index (κ2) is 7.53. The van der Waals surface area contributed by atoms with E-state index in [2.05, 4.69) is 10.2 Å². The minimum atomic E-state index is -3.13. The lowest BCUT2D eigenvalue weighted by Gasteiger charge is -2.35. The molecular formula is C13H26N4O3S. The smallest absolute Gasteiger partial charge is 0.236 e. The predicted octanol–water partition coefficient (Wildman–Crippen LogP) is -1.22. The first-order valence-electron chi connectivity index (χ1n) is 7.71. The van der Waals surface area contributed by atoms with E-state index < -0.39 is 10.0 Å². The maximum atomic E-state index is 12.2. The molecule has 0 saturated carbocycles. The lowest BCUT2D eigenvalue weighted by Crippen LogP contribution is -2.54. The molecule has 0 bridgehead atoms. The summed E-state index contributed by atoms with van der Waals surface area (Å²) in [5, 5.41) is 3.26. The molecule has 1 N–H and O–H groups in total. The van der Waals surface area contributed by atoms with Crippen molar-refractivity contribution >= 4 is 15.9 Å². The molecular weight excluding hydrogens is 292 g/mol. The largest absolute Gasteiger partial charge is 0.339 e. The predicted molar refractivity (Wildman–Crippen MR) is 81.5 cm³/mol. The standard InChI is InChI=1S/C13H26N4O3S/c1-2-11-21(19,20)17-9-7-16(8-10-17)13(18)12-15-5-3-14-4-6-15/h14H,2-12H2,1H3. The van der Waals surface area contributed by atoms with E-state index in [1.807, 2.05) is 6.92 Å². The molecule has 2 fully saturated rings. The summed E-state index contributed by atoms with van der Waals surface area (Å²) < 4.78 is 25.5. The minimum absolute atomic E-state index is 0.115. The summed E-state index contributed by atoms with van der Waals surface area (Å²) in [4.78, 5) is 16.2. The number of sulfonamides is 1. The van der Waals surface area contributed by atoms with Gasteiger partial charge in [-0.3, -0.25) is 9.69 Å². The maximum Gasteiger partial charge on any atom is 0.236 e. The zero-order chi connectivity index (χ0) is 15.3. The van der Waals surface area contributed by atoms with E-state index in [0.717, 1.165) is 26.2 Å². The van der Waals surface area contributed by atoms with Crippen LogP contribution < -0.4 is 5.32 Å². The second-order valence-corrected chi connectivity index (χ2v) is 7.71. The van der Waals surface area contributed by atoms with Crippen molar-refractivity contribution in [2.45, 2.75) is 13.3 Å². The van der Waals surface area contributed by atoms with Crippen molar-refractivity contribution in [1.29, 1.82) is 0 Å². The van der Waals surface area contributed by atoms with Crippen LogP contribution in [0.4, 0.5) is 0 Å². The van der Waals surface area contributed by atoms with Crippen LogP contribution in [0.25, 0.3) is 0 Å². The van der Waals surface area contributed by atoms with Gasteiger partial charge in [-0.25, -0.2) is 8.42 Å². The summed E-state index contributed by atoms with van der Waals surface area (Å²) in [5.74, 6) is 0.311. The molecule has 2 aliphatic rings. The fourth-order valence-electron chi connectivity index (χ4n) is 2.76. The van der Waals surface area contributed by atoms with Gasteiger partial charge in [-0.05, 0) is 6.42 Å². The molecule has 0 unspecified atom stereocenters. The highest BCUT2D eigenvalue weighted by Gasteiger charge is 2.28. The van der Waals surface area contributed by atoms with Crippen molar-refractivity contribution in [3.05, 3.63) is 0 Å². The molecule has 2 rings (SSSR count). The van der Waals surface area contributed by atoms with Gasteiger partial charge in [0, 0.05) is 52.4 Å². The summed E-state index contributed by atoms with van der Waals surface area (Å²) in [6.45, 7) is 7.83. The molecule has 122 valence electrons. The van der Waals surface area contributed by atoms with E-state index >= 15 is 0 Å². The van der Waals surface area contributed by atoms with E-state index in [1.165, 1.54) is 4.31 Å². The quantitative estimate of drug-likeness (QED) is 0.688. The highest BCUT2D eigenvalue weighted by atomic mass is 32.2. The molecule has 7 nitrogen and oxygen atoms in total. The van der Waals surface area contributed by atoms with Gasteiger partial charge in [0.25, 0.3) is 0 Å². The highest BCUT2D eigenvalue weighted by Crippen LogP contribution is 2.09. The van der Waals surface area contributed by atoms with E-state index in [0.29, 0.717) is 39.1 Å². The molecule has 2 aliphatic heterocycles. The summed E-state index contributed by atoms with van der Waals surface area (Å²) >= 11 is 0. The summed E-state index contributed by atoms with van der Waals surface area (Å²) in [7, 11) is -3.13. The van der Waals surface area contributed by atoms with E-state index in [4.69, 9.17) is 0 Å².